The van der Waals surface area contributed by atoms with Crippen LogP contribution in [0.1, 0.15) is 398 Å². The second kappa shape index (κ2) is 48.4. The van der Waals surface area contributed by atoms with Gasteiger partial charge in [0.15, 0.2) is 16.6 Å². The molecule has 0 saturated heterocycles. The number of pyridine rings is 1. The van der Waals surface area contributed by atoms with Crippen LogP contribution < -0.4 is 37.8 Å². The SMILES string of the molecule is CC(C)c1ccc(S(=O)(=O)NC(C)(C)C)c(OC(F)(F)F)c1F.CC(C)c1ccc(S(=O)(=O)NC(C)(C)C)c2c1CCC2.CC(C)c1ccc(S(=O)(=O)NC(C)(C)C)c2c1CCCC2.CC(C)c1ccc(S(=O)(=O)NC(C)(C)C)c2ccccc12.Cc1c(C(C)C)ccc(S(=O)(=O)NC(C)(C)C)c1C.Cc1c(C(C)C)ccc(S(=O)(=O)NC(C)(C)C)c1C.Cc1c(C(C)C)cnc(S(=O)(=O)NC(C)(C)C)c1C. The maximum atomic E-state index is 14.4. The number of halogens is 4. The van der Waals surface area contributed by atoms with Gasteiger partial charge in [-0.1, -0.05) is 158 Å². The zero-order valence-corrected chi connectivity index (χ0v) is 98.0. The van der Waals surface area contributed by atoms with Gasteiger partial charge in [-0.3, -0.25) is 0 Å². The summed E-state index contributed by atoms with van der Waals surface area (Å²) >= 11 is 0. The summed E-state index contributed by atoms with van der Waals surface area (Å²) in [5, 5.41) is 1.91. The fourth-order valence-corrected chi connectivity index (χ4v) is 28.5. The highest BCUT2D eigenvalue weighted by molar-refractivity contribution is 7.91. The van der Waals surface area contributed by atoms with E-state index < -0.39 is 138 Å². The van der Waals surface area contributed by atoms with E-state index in [0.29, 0.717) is 60.0 Å². The van der Waals surface area contributed by atoms with Crippen molar-refractivity contribution >= 4 is 80.9 Å². The molecule has 800 valence electrons. The molecule has 0 fully saturated rings. The third-order valence-corrected chi connectivity index (χ3v) is 35.5. The summed E-state index contributed by atoms with van der Waals surface area (Å²) in [5.74, 6) is -0.788. The lowest BCUT2D eigenvalue weighted by Crippen LogP contribution is -2.41. The minimum absolute atomic E-state index is 0.0704. The van der Waals surface area contributed by atoms with Crippen LogP contribution in [-0.2, 0) is 95.8 Å². The van der Waals surface area contributed by atoms with Crippen LogP contribution in [0.5, 0.6) is 5.75 Å². The molecule has 0 atom stereocenters. The molecule has 0 bridgehead atoms. The minimum atomic E-state index is -5.22. The maximum absolute atomic E-state index is 14.4. The number of alkyl halides is 3. The molecule has 0 unspecified atom stereocenters. The Morgan fingerprint density at radius 1 is 0.268 bits per heavy atom. The zero-order chi connectivity index (χ0) is 110. The summed E-state index contributed by atoms with van der Waals surface area (Å²) in [7, 11) is -25.3. The molecule has 7 N–H and O–H groups in total. The molecule has 1 aromatic heterocycles. The highest BCUT2D eigenvalue weighted by Gasteiger charge is 2.40. The molecule has 8 aromatic rings. The number of benzene rings is 7. The van der Waals surface area contributed by atoms with Crippen molar-refractivity contribution in [2.75, 3.05) is 0 Å². The Bertz CT molecular complexity index is 6360. The van der Waals surface area contributed by atoms with E-state index in [9.17, 15) is 76.5 Å². The van der Waals surface area contributed by atoms with Crippen LogP contribution >= 0.6 is 0 Å². The fourth-order valence-electron chi connectivity index (χ4n) is 16.8. The number of sulfonamides is 7. The average Bonchev–Trinajstić information content (AvgIpc) is 1.52. The van der Waals surface area contributed by atoms with Gasteiger partial charge in [0, 0.05) is 50.4 Å². The molecule has 2 aliphatic carbocycles. The summed E-state index contributed by atoms with van der Waals surface area (Å²) < 4.78 is 249. The van der Waals surface area contributed by atoms with Crippen LogP contribution in [0, 0.1) is 47.4 Å². The molecule has 0 amide bonds. The fraction of sp³-hybridized carbons (Fsp3) is 0.583. The van der Waals surface area contributed by atoms with E-state index >= 15 is 0 Å². The Morgan fingerprint density at radius 3 is 0.845 bits per heavy atom. The summed E-state index contributed by atoms with van der Waals surface area (Å²) in [5.41, 5.74) is 13.5. The van der Waals surface area contributed by atoms with Gasteiger partial charge in [-0.15, -0.1) is 13.2 Å². The molecule has 1 heterocycles. The molecule has 34 heteroatoms. The number of rotatable bonds is 22. The average molecular weight is 2120 g/mol. The standard InChI is InChI=1S/C17H27NO2S.C17H23NO2S.C16H25NO2S.2C15H25NO2S.C14H19F4NO3S.C14H24N2O2S/c2*1-12(2)13-10-11-16(15-9-7-6-8-14(13)15)21(19,20)18-17(3,4)5;1-11(2)12-9-10-15(14-8-6-7-13(12)14)20(18,19)17-16(3,4)5;2*1-10(2)13-8-9-14(12(4)11(13)3)19(17,18)16-15(5,6)7;1-8(2)9-6-7-10(23(20,21)19-13(3,4)5)12(11(9)15)22-14(16,17)18;1-9(2)12-8-15-13(11(4)10(12)3)19(17,18)16-14(5,6)7/h10-12,18H,6-9H2,1-5H3;6-12,18H,1-5H3;9-11,17H,6-8H2,1-5H3;2*8-10,16H,1-7H3;6-8,19H,1-5H3;8-9,16H,1-7H3. The van der Waals surface area contributed by atoms with Gasteiger partial charge < -0.3 is 4.74 Å². The molecule has 0 saturated carbocycles. The molecular weight excluding hydrogens is 1950 g/mol. The van der Waals surface area contributed by atoms with Crippen molar-refractivity contribution in [2.45, 2.75) is 450 Å². The first kappa shape index (κ1) is 127. The molecule has 2 aliphatic rings. The lowest BCUT2D eigenvalue weighted by Gasteiger charge is -2.26. The molecule has 10 rings (SSSR count). The van der Waals surface area contributed by atoms with Crippen molar-refractivity contribution in [1.29, 1.82) is 0 Å². The van der Waals surface area contributed by atoms with Gasteiger partial charge in [0.25, 0.3) is 10.0 Å². The van der Waals surface area contributed by atoms with Crippen molar-refractivity contribution in [3.05, 3.63) is 204 Å². The number of hydrogen-bond donors (Lipinski definition) is 7. The molecule has 0 radical (unpaired) electrons. The second-order valence-corrected chi connectivity index (χ2v) is 58.0. The number of ether oxygens (including phenoxy) is 1. The lowest BCUT2D eigenvalue weighted by molar-refractivity contribution is -0.276. The molecule has 142 heavy (non-hydrogen) atoms. The number of hydrogen-bond acceptors (Lipinski definition) is 16. The molecule has 0 aliphatic heterocycles. The zero-order valence-electron chi connectivity index (χ0n) is 92.2. The number of fused-ring (bicyclic) bond motifs is 3. The molecule has 23 nitrogen and oxygen atoms in total. The van der Waals surface area contributed by atoms with E-state index in [4.69, 9.17) is 0 Å². The number of nitrogens with zero attached hydrogens (tertiary/aromatic N) is 1. The largest absolute Gasteiger partial charge is 0.573 e. The monoisotopic (exact) mass is 2120 g/mol. The van der Waals surface area contributed by atoms with Crippen molar-refractivity contribution in [3.63, 3.8) is 0 Å². The summed E-state index contributed by atoms with van der Waals surface area (Å²) in [6.45, 7) is 77.9. The van der Waals surface area contributed by atoms with Gasteiger partial charge in [0.1, 0.15) is 4.90 Å². The minimum Gasteiger partial charge on any atom is -0.401 e. The first-order valence-corrected chi connectivity index (χ1v) is 59.1. The highest BCUT2D eigenvalue weighted by Crippen LogP contribution is 2.41. The van der Waals surface area contributed by atoms with E-state index in [2.05, 4.69) is 126 Å². The third kappa shape index (κ3) is 37.3. The lowest BCUT2D eigenvalue weighted by atomic mass is 9.85. The predicted octanol–water partition coefficient (Wildman–Crippen LogP) is 25.0. The van der Waals surface area contributed by atoms with E-state index in [1.165, 1.54) is 59.7 Å². The quantitative estimate of drug-likeness (QED) is 0.0310. The van der Waals surface area contributed by atoms with Gasteiger partial charge in [-0.2, -0.15) is 0 Å². The van der Waals surface area contributed by atoms with E-state index in [0.717, 1.165) is 118 Å². The highest BCUT2D eigenvalue weighted by atomic mass is 32.2. The number of nitrogens with one attached hydrogen (secondary N) is 7. The van der Waals surface area contributed by atoms with Crippen LogP contribution in [0.3, 0.4) is 0 Å². The van der Waals surface area contributed by atoms with Gasteiger partial charge in [0.2, 0.25) is 60.1 Å². The van der Waals surface area contributed by atoms with Gasteiger partial charge in [-0.05, 0) is 410 Å². The number of aromatic nitrogens is 1. The Balaban J connectivity index is 0.000000346. The van der Waals surface area contributed by atoms with Crippen LogP contribution in [0.25, 0.3) is 10.8 Å². The van der Waals surface area contributed by atoms with Gasteiger partial charge in [0.05, 0.1) is 24.5 Å². The van der Waals surface area contributed by atoms with Crippen LogP contribution in [0.2, 0.25) is 0 Å². The van der Waals surface area contributed by atoms with Crippen molar-refractivity contribution in [1.82, 2.24) is 38.0 Å². The van der Waals surface area contributed by atoms with Crippen LogP contribution in [0.15, 0.2) is 138 Å². The predicted molar refractivity (Wildman–Crippen MR) is 573 cm³/mol. The summed E-state index contributed by atoms with van der Waals surface area (Å²) in [4.78, 5) is 5.33. The molecular formula is C108H168F4N8O15S7. The second-order valence-electron chi connectivity index (χ2n) is 46.5. The third-order valence-electron chi connectivity index (χ3n) is 22.7. The maximum Gasteiger partial charge on any atom is 0.573 e. The molecule has 7 aromatic carbocycles. The van der Waals surface area contributed by atoms with Gasteiger partial charge >= 0.3 is 6.36 Å². The summed E-state index contributed by atoms with van der Waals surface area (Å²) in [6.07, 6.45) is 3.48. The van der Waals surface area contributed by atoms with Crippen molar-refractivity contribution in [3.8, 4) is 5.75 Å². The first-order valence-electron chi connectivity index (χ1n) is 48.7. The van der Waals surface area contributed by atoms with Crippen LogP contribution in [0.4, 0.5) is 17.6 Å². The van der Waals surface area contributed by atoms with E-state index in [1.807, 2.05) is 221 Å². The first-order chi connectivity index (χ1) is 63.9. The Morgan fingerprint density at radius 2 is 0.514 bits per heavy atom. The Labute approximate surface area is 853 Å². The Kier molecular flexibility index (Phi) is 43.4. The Hall–Kier alpha value is -7.16. The van der Waals surface area contributed by atoms with Crippen LogP contribution in [-0.4, -0.2) is 109 Å². The van der Waals surface area contributed by atoms with E-state index in [-0.39, 0.29) is 10.6 Å². The summed E-state index contributed by atoms with van der Waals surface area (Å²) in [6, 6.07) is 28.2. The van der Waals surface area contributed by atoms with Crippen molar-refractivity contribution < 1.29 is 81.2 Å². The molecule has 0 spiro atoms. The smallest absolute Gasteiger partial charge is 0.401 e. The topological polar surface area (TPSA) is 345 Å². The van der Waals surface area contributed by atoms with Gasteiger partial charge in [-0.25, -0.2) is 101 Å². The normalized spacial score (nSPS) is 13.9. The van der Waals surface area contributed by atoms with Crippen molar-refractivity contribution in [2.24, 2.45) is 0 Å². The van der Waals surface area contributed by atoms with E-state index in [1.54, 1.807) is 50.4 Å².